The van der Waals surface area contributed by atoms with Gasteiger partial charge in [0.2, 0.25) is 10.0 Å². The molecule has 21 heavy (non-hydrogen) atoms. The molecule has 0 spiro atoms. The smallest absolute Gasteiger partial charge is 0.371 e. The number of hydrogen-bond donors (Lipinski definition) is 2. The van der Waals surface area contributed by atoms with E-state index in [9.17, 15) is 21.6 Å². The fraction of sp³-hybridized carbons (Fsp3) is 0.636. The van der Waals surface area contributed by atoms with Gasteiger partial charge < -0.3 is 10.1 Å². The lowest BCUT2D eigenvalue weighted by atomic mass is 10.3. The molecule has 2 N–H and O–H groups in total. The Hall–Kier alpha value is -0.680. The molecule has 0 saturated carbocycles. The van der Waals surface area contributed by atoms with Crippen LogP contribution in [0, 0.1) is 6.92 Å². The summed E-state index contributed by atoms with van der Waals surface area (Å²) >= 11 is 1.13. The van der Waals surface area contributed by atoms with Gasteiger partial charge in [0.25, 0.3) is 0 Å². The van der Waals surface area contributed by atoms with Crippen LogP contribution in [0.2, 0.25) is 0 Å². The van der Waals surface area contributed by atoms with Gasteiger partial charge >= 0.3 is 6.18 Å². The van der Waals surface area contributed by atoms with Crippen molar-refractivity contribution in [2.45, 2.75) is 23.9 Å². The minimum atomic E-state index is -4.41. The first-order chi connectivity index (χ1) is 9.65. The normalized spacial score (nSPS) is 12.8. The van der Waals surface area contributed by atoms with E-state index in [-0.39, 0.29) is 17.4 Å². The van der Waals surface area contributed by atoms with Crippen LogP contribution in [0.3, 0.4) is 0 Å². The summed E-state index contributed by atoms with van der Waals surface area (Å²) in [6, 6.07) is 1.54. The van der Waals surface area contributed by atoms with Crippen LogP contribution in [0.4, 0.5) is 13.2 Å². The summed E-state index contributed by atoms with van der Waals surface area (Å²) < 4.78 is 66.1. The minimum Gasteiger partial charge on any atom is -0.371 e. The van der Waals surface area contributed by atoms with Crippen LogP contribution in [-0.2, 0) is 21.3 Å². The Bertz CT molecular complexity index is 556. The second kappa shape index (κ2) is 7.54. The molecule has 1 rings (SSSR count). The Morgan fingerprint density at radius 2 is 2.05 bits per heavy atom. The topological polar surface area (TPSA) is 67.4 Å². The average Bonchev–Trinajstić information content (AvgIpc) is 2.70. The van der Waals surface area contributed by atoms with Gasteiger partial charge in [0.15, 0.2) is 0 Å². The van der Waals surface area contributed by atoms with Crippen molar-refractivity contribution in [2.75, 3.05) is 26.8 Å². The monoisotopic (exact) mass is 346 g/mol. The summed E-state index contributed by atoms with van der Waals surface area (Å²) in [6.45, 7) is 0.414. The molecule has 0 aliphatic carbocycles. The standard InChI is InChI=1S/C11H17F3N2O3S2/c1-8-5-10(20-9(8)6-15-2)21(17,18)16-3-4-19-7-11(12,13)14/h5,15-16H,3-4,6-7H2,1-2H3. The second-order valence-corrected chi connectivity index (χ2v) is 7.40. The number of ether oxygens (including phenoxy) is 1. The first-order valence-corrected chi connectivity index (χ1v) is 8.34. The highest BCUT2D eigenvalue weighted by molar-refractivity contribution is 7.91. The number of thiophene rings is 1. The molecular formula is C11H17F3N2O3S2. The van der Waals surface area contributed by atoms with Gasteiger partial charge in [0.05, 0.1) is 6.61 Å². The Morgan fingerprint density at radius 3 is 2.62 bits per heavy atom. The van der Waals surface area contributed by atoms with Crippen LogP contribution in [0.15, 0.2) is 10.3 Å². The molecule has 0 saturated heterocycles. The van der Waals surface area contributed by atoms with Gasteiger partial charge in [-0.3, -0.25) is 0 Å². The van der Waals surface area contributed by atoms with E-state index in [4.69, 9.17) is 0 Å². The fourth-order valence-corrected chi connectivity index (χ4v) is 4.12. The molecular weight excluding hydrogens is 329 g/mol. The maximum absolute atomic E-state index is 12.0. The average molecular weight is 346 g/mol. The van der Waals surface area contributed by atoms with Gasteiger partial charge in [-0.1, -0.05) is 0 Å². The van der Waals surface area contributed by atoms with E-state index in [0.717, 1.165) is 21.8 Å². The molecule has 0 radical (unpaired) electrons. The molecule has 0 fully saturated rings. The van der Waals surface area contributed by atoms with Crippen LogP contribution < -0.4 is 10.0 Å². The Kier molecular flexibility index (Phi) is 6.60. The maximum Gasteiger partial charge on any atom is 0.411 e. The predicted octanol–water partition coefficient (Wildman–Crippen LogP) is 1.63. The van der Waals surface area contributed by atoms with E-state index < -0.39 is 22.8 Å². The maximum atomic E-state index is 12.0. The van der Waals surface area contributed by atoms with Crippen LogP contribution in [0.25, 0.3) is 0 Å². The molecule has 0 bridgehead atoms. The number of sulfonamides is 1. The second-order valence-electron chi connectivity index (χ2n) is 4.27. The molecule has 0 amide bonds. The summed E-state index contributed by atoms with van der Waals surface area (Å²) in [4.78, 5) is 0.895. The Morgan fingerprint density at radius 1 is 1.38 bits per heavy atom. The van der Waals surface area contributed by atoms with Gasteiger partial charge in [-0.2, -0.15) is 13.2 Å². The van der Waals surface area contributed by atoms with Crippen molar-refractivity contribution >= 4 is 21.4 Å². The Balaban J connectivity index is 2.52. The molecule has 1 aromatic rings. The molecule has 0 atom stereocenters. The third-order valence-electron chi connectivity index (χ3n) is 2.40. The highest BCUT2D eigenvalue weighted by Gasteiger charge is 2.27. The van der Waals surface area contributed by atoms with Gasteiger partial charge in [-0.25, -0.2) is 13.1 Å². The van der Waals surface area contributed by atoms with E-state index in [1.165, 1.54) is 6.07 Å². The molecule has 10 heteroatoms. The van der Waals surface area contributed by atoms with Crippen molar-refractivity contribution in [3.05, 3.63) is 16.5 Å². The third-order valence-corrected chi connectivity index (χ3v) is 5.58. The van der Waals surface area contributed by atoms with Crippen molar-refractivity contribution in [3.63, 3.8) is 0 Å². The fourth-order valence-electron chi connectivity index (χ4n) is 1.46. The lowest BCUT2D eigenvalue weighted by molar-refractivity contribution is -0.173. The predicted molar refractivity (Wildman–Crippen MR) is 73.9 cm³/mol. The number of nitrogens with one attached hydrogen (secondary N) is 2. The van der Waals surface area contributed by atoms with Gasteiger partial charge in [0, 0.05) is 18.0 Å². The van der Waals surface area contributed by atoms with Gasteiger partial charge in [-0.15, -0.1) is 11.3 Å². The van der Waals surface area contributed by atoms with Crippen molar-refractivity contribution in [2.24, 2.45) is 0 Å². The Labute approximate surface area is 125 Å². The number of rotatable bonds is 8. The summed E-state index contributed by atoms with van der Waals surface area (Å²) in [7, 11) is -1.96. The number of alkyl halides is 3. The zero-order valence-electron chi connectivity index (χ0n) is 11.6. The van der Waals surface area contributed by atoms with Crippen LogP contribution in [0.1, 0.15) is 10.4 Å². The third kappa shape index (κ3) is 6.30. The largest absolute Gasteiger partial charge is 0.411 e. The van der Waals surface area contributed by atoms with E-state index >= 15 is 0 Å². The first kappa shape index (κ1) is 18.4. The quantitative estimate of drug-likeness (QED) is 0.702. The van der Waals surface area contributed by atoms with Crippen molar-refractivity contribution in [3.8, 4) is 0 Å². The summed E-state index contributed by atoms with van der Waals surface area (Å²) in [5, 5.41) is 2.93. The van der Waals surface area contributed by atoms with Crippen LogP contribution in [0.5, 0.6) is 0 Å². The highest BCUT2D eigenvalue weighted by Crippen LogP contribution is 2.25. The lowest BCUT2D eigenvalue weighted by Gasteiger charge is -2.08. The zero-order chi connectivity index (χ0) is 16.1. The summed E-state index contributed by atoms with van der Waals surface area (Å²) in [5.74, 6) is 0. The minimum absolute atomic E-state index is 0.140. The molecule has 0 aliphatic heterocycles. The van der Waals surface area contributed by atoms with Crippen LogP contribution >= 0.6 is 11.3 Å². The van der Waals surface area contributed by atoms with Gasteiger partial charge in [-0.05, 0) is 25.6 Å². The zero-order valence-corrected chi connectivity index (χ0v) is 13.2. The van der Waals surface area contributed by atoms with E-state index in [1.807, 2.05) is 0 Å². The number of hydrogen-bond acceptors (Lipinski definition) is 5. The lowest BCUT2D eigenvalue weighted by Crippen LogP contribution is -2.28. The number of halogens is 3. The highest BCUT2D eigenvalue weighted by atomic mass is 32.2. The molecule has 5 nitrogen and oxygen atoms in total. The van der Waals surface area contributed by atoms with Gasteiger partial charge in [0.1, 0.15) is 10.8 Å². The SMILES string of the molecule is CNCc1sc(S(=O)(=O)NCCOCC(F)(F)F)cc1C. The molecule has 1 aromatic heterocycles. The van der Waals surface area contributed by atoms with Crippen molar-refractivity contribution < 1.29 is 26.3 Å². The molecule has 0 aromatic carbocycles. The summed E-state index contributed by atoms with van der Waals surface area (Å²) in [5.41, 5.74) is 0.850. The molecule has 1 heterocycles. The number of aryl methyl sites for hydroxylation is 1. The molecule has 0 unspecified atom stereocenters. The van der Waals surface area contributed by atoms with E-state index in [1.54, 1.807) is 14.0 Å². The first-order valence-electron chi connectivity index (χ1n) is 6.04. The summed E-state index contributed by atoms with van der Waals surface area (Å²) in [6.07, 6.45) is -4.41. The van der Waals surface area contributed by atoms with Crippen molar-refractivity contribution in [1.29, 1.82) is 0 Å². The molecule has 0 aliphatic rings. The van der Waals surface area contributed by atoms with Crippen LogP contribution in [-0.4, -0.2) is 41.4 Å². The van der Waals surface area contributed by atoms with Crippen molar-refractivity contribution in [1.82, 2.24) is 10.0 Å². The molecule has 122 valence electrons. The van der Waals surface area contributed by atoms with E-state index in [2.05, 4.69) is 14.8 Å². The van der Waals surface area contributed by atoms with E-state index in [0.29, 0.717) is 6.54 Å².